The van der Waals surface area contributed by atoms with E-state index in [2.05, 4.69) is 10.0 Å². The van der Waals surface area contributed by atoms with Crippen LogP contribution in [0.15, 0.2) is 53.4 Å². The van der Waals surface area contributed by atoms with Gasteiger partial charge in [-0.1, -0.05) is 18.2 Å². The van der Waals surface area contributed by atoms with Crippen LogP contribution in [0.4, 0.5) is 5.69 Å². The Hall–Kier alpha value is -2.42. The number of carbonyl (C=O) groups excluding carboxylic acids is 1. The van der Waals surface area contributed by atoms with Crippen LogP contribution in [0.2, 0.25) is 0 Å². The summed E-state index contributed by atoms with van der Waals surface area (Å²) in [6.45, 7) is 0.880. The van der Waals surface area contributed by atoms with Crippen molar-refractivity contribution in [2.24, 2.45) is 0 Å². The van der Waals surface area contributed by atoms with E-state index in [1.165, 1.54) is 25.3 Å². The van der Waals surface area contributed by atoms with Crippen LogP contribution in [0.3, 0.4) is 0 Å². The highest BCUT2D eigenvalue weighted by molar-refractivity contribution is 7.89. The third-order valence-electron chi connectivity index (χ3n) is 4.29. The Morgan fingerprint density at radius 3 is 2.78 bits per heavy atom. The van der Waals surface area contributed by atoms with Crippen LogP contribution in [0.1, 0.15) is 23.2 Å². The first-order chi connectivity index (χ1) is 13.0. The molecule has 1 fully saturated rings. The molecule has 144 valence electrons. The zero-order valence-corrected chi connectivity index (χ0v) is 15.8. The van der Waals surface area contributed by atoms with Crippen LogP contribution >= 0.6 is 0 Å². The molecule has 0 bridgehead atoms. The SMILES string of the molecule is COc1ccccc1NC(=O)c1cccc(S(=O)(=O)NCC2CCCO2)c1. The lowest BCUT2D eigenvalue weighted by molar-refractivity contribution is 0.102. The van der Waals surface area contributed by atoms with Crippen molar-refractivity contribution in [3.8, 4) is 5.75 Å². The first kappa shape index (κ1) is 19.3. The molecular formula is C19H22N2O5S. The fraction of sp³-hybridized carbons (Fsp3) is 0.316. The van der Waals surface area contributed by atoms with Gasteiger partial charge in [0.25, 0.3) is 5.91 Å². The molecule has 3 rings (SSSR count). The summed E-state index contributed by atoms with van der Waals surface area (Å²) in [5.41, 5.74) is 0.746. The predicted molar refractivity (Wildman–Crippen MR) is 102 cm³/mol. The molecule has 1 amide bonds. The Balaban J connectivity index is 1.73. The van der Waals surface area contributed by atoms with Crippen LogP contribution < -0.4 is 14.8 Å². The zero-order chi connectivity index (χ0) is 19.3. The van der Waals surface area contributed by atoms with E-state index in [-0.39, 0.29) is 23.1 Å². The molecule has 0 aliphatic carbocycles. The first-order valence-corrected chi connectivity index (χ1v) is 10.1. The fourth-order valence-electron chi connectivity index (χ4n) is 2.84. The summed E-state index contributed by atoms with van der Waals surface area (Å²) in [5.74, 6) is 0.100. The molecule has 0 aromatic heterocycles. The minimum Gasteiger partial charge on any atom is -0.495 e. The Kier molecular flexibility index (Phi) is 6.10. The molecule has 27 heavy (non-hydrogen) atoms. The Labute approximate surface area is 158 Å². The van der Waals surface area contributed by atoms with Gasteiger partial charge in [0.1, 0.15) is 5.75 Å². The van der Waals surface area contributed by atoms with Gasteiger partial charge >= 0.3 is 0 Å². The van der Waals surface area contributed by atoms with Gasteiger partial charge in [-0.25, -0.2) is 13.1 Å². The van der Waals surface area contributed by atoms with Crippen molar-refractivity contribution in [3.63, 3.8) is 0 Å². The number of methoxy groups -OCH3 is 1. The third kappa shape index (κ3) is 4.85. The summed E-state index contributed by atoms with van der Waals surface area (Å²) in [5, 5.41) is 2.73. The number of carbonyl (C=O) groups is 1. The maximum atomic E-state index is 12.5. The average Bonchev–Trinajstić information content (AvgIpc) is 3.21. The van der Waals surface area contributed by atoms with Crippen molar-refractivity contribution in [3.05, 3.63) is 54.1 Å². The van der Waals surface area contributed by atoms with Crippen LogP contribution in [0, 0.1) is 0 Å². The molecule has 8 heteroatoms. The molecule has 1 unspecified atom stereocenters. The van der Waals surface area contributed by atoms with Gasteiger partial charge in [0, 0.05) is 18.7 Å². The first-order valence-electron chi connectivity index (χ1n) is 8.65. The summed E-state index contributed by atoms with van der Waals surface area (Å²) in [6.07, 6.45) is 1.67. The number of hydrogen-bond acceptors (Lipinski definition) is 5. The monoisotopic (exact) mass is 390 g/mol. The minimum atomic E-state index is -3.72. The fourth-order valence-corrected chi connectivity index (χ4v) is 3.95. The third-order valence-corrected chi connectivity index (χ3v) is 5.71. The number of rotatable bonds is 7. The Morgan fingerprint density at radius 1 is 1.22 bits per heavy atom. The Morgan fingerprint density at radius 2 is 2.04 bits per heavy atom. The van der Waals surface area contributed by atoms with Crippen molar-refractivity contribution >= 4 is 21.6 Å². The van der Waals surface area contributed by atoms with Gasteiger partial charge in [-0.2, -0.15) is 0 Å². The molecule has 1 atom stereocenters. The summed E-state index contributed by atoms with van der Waals surface area (Å²) < 4.78 is 38.2. The molecule has 0 spiro atoms. The number of anilines is 1. The van der Waals surface area contributed by atoms with E-state index in [0.29, 0.717) is 18.0 Å². The number of amides is 1. The minimum absolute atomic E-state index is 0.0353. The van der Waals surface area contributed by atoms with Gasteiger partial charge < -0.3 is 14.8 Å². The normalized spacial score (nSPS) is 16.9. The van der Waals surface area contributed by atoms with E-state index in [1.54, 1.807) is 30.3 Å². The molecule has 1 aliphatic heterocycles. The largest absolute Gasteiger partial charge is 0.495 e. The summed E-state index contributed by atoms with van der Waals surface area (Å²) >= 11 is 0. The van der Waals surface area contributed by atoms with E-state index in [4.69, 9.17) is 9.47 Å². The highest BCUT2D eigenvalue weighted by atomic mass is 32.2. The molecule has 7 nitrogen and oxygen atoms in total. The number of benzene rings is 2. The number of ether oxygens (including phenoxy) is 2. The second-order valence-electron chi connectivity index (χ2n) is 6.17. The van der Waals surface area contributed by atoms with Gasteiger partial charge in [0.2, 0.25) is 10.0 Å². The highest BCUT2D eigenvalue weighted by Gasteiger charge is 2.21. The van der Waals surface area contributed by atoms with Gasteiger partial charge in [-0.05, 0) is 43.2 Å². The summed E-state index contributed by atoms with van der Waals surface area (Å²) in [4.78, 5) is 12.6. The smallest absolute Gasteiger partial charge is 0.255 e. The topological polar surface area (TPSA) is 93.7 Å². The lowest BCUT2D eigenvalue weighted by atomic mass is 10.2. The van der Waals surface area contributed by atoms with E-state index < -0.39 is 15.9 Å². The summed E-state index contributed by atoms with van der Waals surface area (Å²) in [7, 11) is -2.21. The lowest BCUT2D eigenvalue weighted by Crippen LogP contribution is -2.32. The van der Waals surface area contributed by atoms with E-state index in [0.717, 1.165) is 12.8 Å². The van der Waals surface area contributed by atoms with Crippen LogP contribution in [0.25, 0.3) is 0 Å². The molecule has 0 radical (unpaired) electrons. The highest BCUT2D eigenvalue weighted by Crippen LogP contribution is 2.24. The van der Waals surface area contributed by atoms with Gasteiger partial charge in [-0.15, -0.1) is 0 Å². The van der Waals surface area contributed by atoms with E-state index >= 15 is 0 Å². The average molecular weight is 390 g/mol. The maximum Gasteiger partial charge on any atom is 0.255 e. The second-order valence-corrected chi connectivity index (χ2v) is 7.94. The van der Waals surface area contributed by atoms with Crippen molar-refractivity contribution < 1.29 is 22.7 Å². The molecule has 2 aromatic carbocycles. The molecule has 1 heterocycles. The molecule has 1 aliphatic rings. The molecule has 0 saturated carbocycles. The number of para-hydroxylation sites is 2. The van der Waals surface area contributed by atoms with Crippen molar-refractivity contribution in [1.82, 2.24) is 4.72 Å². The van der Waals surface area contributed by atoms with Crippen LogP contribution in [-0.4, -0.2) is 40.7 Å². The molecule has 2 N–H and O–H groups in total. The standard InChI is InChI=1S/C19H22N2O5S/c1-25-18-10-3-2-9-17(18)21-19(22)14-6-4-8-16(12-14)27(23,24)20-13-15-7-5-11-26-15/h2-4,6,8-10,12,15,20H,5,7,11,13H2,1H3,(H,21,22). The number of nitrogens with one attached hydrogen (secondary N) is 2. The Bertz CT molecular complexity index is 908. The lowest BCUT2D eigenvalue weighted by Gasteiger charge is -2.13. The predicted octanol–water partition coefficient (Wildman–Crippen LogP) is 2.40. The molecule has 2 aromatic rings. The number of sulfonamides is 1. The molecular weight excluding hydrogens is 368 g/mol. The summed E-state index contributed by atoms with van der Waals surface area (Å²) in [6, 6.07) is 12.9. The van der Waals surface area contributed by atoms with Crippen LogP contribution in [-0.2, 0) is 14.8 Å². The van der Waals surface area contributed by atoms with E-state index in [9.17, 15) is 13.2 Å². The van der Waals surface area contributed by atoms with Crippen molar-refractivity contribution in [2.45, 2.75) is 23.8 Å². The van der Waals surface area contributed by atoms with Gasteiger partial charge in [0.15, 0.2) is 0 Å². The molecule has 1 saturated heterocycles. The van der Waals surface area contributed by atoms with Gasteiger partial charge in [-0.3, -0.25) is 4.79 Å². The zero-order valence-electron chi connectivity index (χ0n) is 15.0. The number of hydrogen-bond donors (Lipinski definition) is 2. The van der Waals surface area contributed by atoms with Gasteiger partial charge in [0.05, 0.1) is 23.8 Å². The van der Waals surface area contributed by atoms with Crippen molar-refractivity contribution in [2.75, 3.05) is 25.6 Å². The quantitative estimate of drug-likeness (QED) is 0.757. The van der Waals surface area contributed by atoms with Crippen LogP contribution in [0.5, 0.6) is 5.75 Å². The van der Waals surface area contributed by atoms with Crippen molar-refractivity contribution in [1.29, 1.82) is 0 Å². The second kappa shape index (κ2) is 8.51. The maximum absolute atomic E-state index is 12.5. The van der Waals surface area contributed by atoms with E-state index in [1.807, 2.05) is 0 Å².